The van der Waals surface area contributed by atoms with Gasteiger partial charge in [0.15, 0.2) is 0 Å². The standard InChI is InChI=1S/C22H28O5S/c1-3-20(23)27-19(14-26-28(24,25)18-7-5-4-6-8-18)22-12-16-9-17(13-22)11-21(2,10-16)15-22/h3-8,16-17,19H,1,9-15H2,2H3. The van der Waals surface area contributed by atoms with E-state index in [1.54, 1.807) is 18.2 Å². The highest BCUT2D eigenvalue weighted by molar-refractivity contribution is 7.86. The Balaban J connectivity index is 1.58. The molecule has 0 N–H and O–H groups in total. The Morgan fingerprint density at radius 2 is 1.86 bits per heavy atom. The fourth-order valence-corrected chi connectivity index (χ4v) is 7.43. The zero-order valence-corrected chi connectivity index (χ0v) is 17.1. The van der Waals surface area contributed by atoms with Crippen LogP contribution in [0.1, 0.15) is 45.4 Å². The maximum atomic E-state index is 12.6. The summed E-state index contributed by atoms with van der Waals surface area (Å²) in [5.74, 6) is 0.732. The molecule has 5 nitrogen and oxygen atoms in total. The van der Waals surface area contributed by atoms with Crippen LogP contribution in [0.25, 0.3) is 0 Å². The second-order valence-corrected chi connectivity index (χ2v) is 10.9. The fraction of sp³-hybridized carbons (Fsp3) is 0.591. The third kappa shape index (κ3) is 3.64. The van der Waals surface area contributed by atoms with Gasteiger partial charge < -0.3 is 4.74 Å². The van der Waals surface area contributed by atoms with E-state index in [4.69, 9.17) is 8.92 Å². The van der Waals surface area contributed by atoms with Crippen molar-refractivity contribution in [2.75, 3.05) is 6.61 Å². The molecule has 4 bridgehead atoms. The molecule has 5 rings (SSSR count). The lowest BCUT2D eigenvalue weighted by atomic mass is 9.43. The number of ether oxygens (including phenoxy) is 1. The second kappa shape index (κ2) is 6.99. The van der Waals surface area contributed by atoms with Gasteiger partial charge in [-0.15, -0.1) is 0 Å². The normalized spacial score (nSPS) is 34.8. The summed E-state index contributed by atoms with van der Waals surface area (Å²) in [5.41, 5.74) is 0.0466. The molecule has 1 aromatic rings. The third-order valence-electron chi connectivity index (χ3n) is 6.91. The summed E-state index contributed by atoms with van der Waals surface area (Å²) >= 11 is 0. The summed E-state index contributed by atoms with van der Waals surface area (Å²) < 4.78 is 36.3. The third-order valence-corrected chi connectivity index (χ3v) is 8.21. The van der Waals surface area contributed by atoms with Crippen LogP contribution in [0.3, 0.4) is 0 Å². The Morgan fingerprint density at radius 1 is 1.21 bits per heavy atom. The number of rotatable bonds is 7. The van der Waals surface area contributed by atoms with Gasteiger partial charge in [-0.2, -0.15) is 8.42 Å². The van der Waals surface area contributed by atoms with Gasteiger partial charge in [-0.25, -0.2) is 4.79 Å². The first-order valence-electron chi connectivity index (χ1n) is 10.0. The molecule has 4 aliphatic carbocycles. The van der Waals surface area contributed by atoms with Crippen molar-refractivity contribution in [1.82, 2.24) is 0 Å². The Kier molecular flexibility index (Phi) is 4.91. The molecule has 0 aromatic heterocycles. The Hall–Kier alpha value is -1.66. The van der Waals surface area contributed by atoms with Crippen molar-refractivity contribution in [2.45, 2.75) is 56.4 Å². The molecule has 28 heavy (non-hydrogen) atoms. The van der Waals surface area contributed by atoms with Gasteiger partial charge in [-0.3, -0.25) is 4.18 Å². The number of carbonyl (C=O) groups excluding carboxylic acids is 1. The maximum Gasteiger partial charge on any atom is 0.330 e. The monoisotopic (exact) mass is 404 g/mol. The van der Waals surface area contributed by atoms with E-state index in [0.29, 0.717) is 11.8 Å². The lowest BCUT2D eigenvalue weighted by molar-refractivity contribution is -0.185. The minimum absolute atomic E-state index is 0.112. The molecular weight excluding hydrogens is 376 g/mol. The zero-order chi connectivity index (χ0) is 20.0. The molecule has 0 saturated heterocycles. The van der Waals surface area contributed by atoms with Gasteiger partial charge in [0.1, 0.15) is 12.7 Å². The molecule has 0 amide bonds. The zero-order valence-electron chi connectivity index (χ0n) is 16.3. The van der Waals surface area contributed by atoms with Crippen molar-refractivity contribution in [3.8, 4) is 0 Å². The van der Waals surface area contributed by atoms with Gasteiger partial charge in [-0.05, 0) is 67.9 Å². The Labute approximate surface area is 167 Å². The lowest BCUT2D eigenvalue weighted by Gasteiger charge is -2.62. The van der Waals surface area contributed by atoms with Gasteiger partial charge in [0.2, 0.25) is 0 Å². The highest BCUT2D eigenvalue weighted by Crippen LogP contribution is 2.66. The summed E-state index contributed by atoms with van der Waals surface area (Å²) in [6, 6.07) is 8.08. The van der Waals surface area contributed by atoms with Crippen LogP contribution in [0, 0.1) is 22.7 Å². The van der Waals surface area contributed by atoms with Gasteiger partial charge in [0, 0.05) is 11.5 Å². The average Bonchev–Trinajstić information content (AvgIpc) is 2.63. The van der Waals surface area contributed by atoms with Crippen molar-refractivity contribution in [2.24, 2.45) is 22.7 Å². The van der Waals surface area contributed by atoms with Gasteiger partial charge >= 0.3 is 5.97 Å². The predicted molar refractivity (Wildman–Crippen MR) is 105 cm³/mol. The molecule has 1 aromatic carbocycles. The summed E-state index contributed by atoms with van der Waals surface area (Å²) in [4.78, 5) is 12.2. The van der Waals surface area contributed by atoms with Crippen molar-refractivity contribution in [3.05, 3.63) is 43.0 Å². The first kappa shape index (κ1) is 19.6. The van der Waals surface area contributed by atoms with Crippen LogP contribution in [0.4, 0.5) is 0 Å². The van der Waals surface area contributed by atoms with E-state index in [0.717, 1.165) is 25.3 Å². The first-order valence-corrected chi connectivity index (χ1v) is 11.4. The van der Waals surface area contributed by atoms with Crippen molar-refractivity contribution in [3.63, 3.8) is 0 Å². The first-order chi connectivity index (χ1) is 13.2. The van der Waals surface area contributed by atoms with Gasteiger partial charge in [-0.1, -0.05) is 31.7 Å². The molecule has 0 radical (unpaired) electrons. The SMILES string of the molecule is C=CC(=O)OC(COS(=O)(=O)c1ccccc1)C12CC3CC(CC(C)(C3)C1)C2. The second-order valence-electron chi connectivity index (χ2n) is 9.32. The molecule has 0 spiro atoms. The number of hydrogen-bond donors (Lipinski definition) is 0. The Bertz CT molecular complexity index is 846. The maximum absolute atomic E-state index is 12.6. The Morgan fingerprint density at radius 3 is 2.43 bits per heavy atom. The van der Waals surface area contributed by atoms with Crippen LogP contribution in [0.5, 0.6) is 0 Å². The molecule has 4 aliphatic rings. The molecule has 0 aliphatic heterocycles. The highest BCUT2D eigenvalue weighted by Gasteiger charge is 2.59. The van der Waals surface area contributed by atoms with Crippen molar-refractivity contribution < 1.29 is 22.1 Å². The van der Waals surface area contributed by atoms with E-state index >= 15 is 0 Å². The van der Waals surface area contributed by atoms with E-state index in [1.165, 1.54) is 31.4 Å². The number of hydrogen-bond acceptors (Lipinski definition) is 5. The van der Waals surface area contributed by atoms with Crippen LogP contribution >= 0.6 is 0 Å². The van der Waals surface area contributed by atoms with E-state index in [-0.39, 0.29) is 22.3 Å². The quantitative estimate of drug-likeness (QED) is 0.389. The van der Waals surface area contributed by atoms with Crippen molar-refractivity contribution in [1.29, 1.82) is 0 Å². The van der Waals surface area contributed by atoms with Crippen LogP contribution in [0.2, 0.25) is 0 Å². The largest absolute Gasteiger partial charge is 0.456 e. The van der Waals surface area contributed by atoms with Crippen LogP contribution in [-0.2, 0) is 23.8 Å². The smallest absolute Gasteiger partial charge is 0.330 e. The van der Waals surface area contributed by atoms with E-state index in [9.17, 15) is 13.2 Å². The predicted octanol–water partition coefficient (Wildman–Crippen LogP) is 4.10. The van der Waals surface area contributed by atoms with E-state index < -0.39 is 22.2 Å². The summed E-state index contributed by atoms with van der Waals surface area (Å²) in [6.07, 6.45) is 7.14. The number of benzene rings is 1. The van der Waals surface area contributed by atoms with E-state index in [2.05, 4.69) is 13.5 Å². The van der Waals surface area contributed by atoms with Crippen molar-refractivity contribution >= 4 is 16.1 Å². The van der Waals surface area contributed by atoms with Crippen LogP contribution in [-0.4, -0.2) is 27.1 Å². The minimum atomic E-state index is -3.90. The molecule has 3 unspecified atom stereocenters. The van der Waals surface area contributed by atoms with Crippen LogP contribution < -0.4 is 0 Å². The highest BCUT2D eigenvalue weighted by atomic mass is 32.2. The summed E-state index contributed by atoms with van der Waals surface area (Å²) in [6.45, 7) is 5.68. The molecule has 3 atom stereocenters. The molecule has 4 saturated carbocycles. The molecule has 4 fully saturated rings. The van der Waals surface area contributed by atoms with Gasteiger partial charge in [0.25, 0.3) is 10.1 Å². The molecule has 6 heteroatoms. The van der Waals surface area contributed by atoms with Gasteiger partial charge in [0.05, 0.1) is 4.90 Å². The average molecular weight is 405 g/mol. The molecule has 0 heterocycles. The fourth-order valence-electron chi connectivity index (χ4n) is 6.51. The summed E-state index contributed by atoms with van der Waals surface area (Å²) in [7, 11) is -3.90. The lowest BCUT2D eigenvalue weighted by Crippen LogP contribution is -2.57. The molecular formula is C22H28O5S. The number of carbonyl (C=O) groups is 1. The van der Waals surface area contributed by atoms with Crippen LogP contribution in [0.15, 0.2) is 47.9 Å². The number of esters is 1. The minimum Gasteiger partial charge on any atom is -0.456 e. The summed E-state index contributed by atoms with van der Waals surface area (Å²) in [5, 5.41) is 0. The molecule has 152 valence electrons. The van der Waals surface area contributed by atoms with E-state index in [1.807, 2.05) is 0 Å². The topological polar surface area (TPSA) is 69.7 Å².